The van der Waals surface area contributed by atoms with Gasteiger partial charge in [-0.3, -0.25) is 0 Å². The van der Waals surface area contributed by atoms with Crippen LogP contribution in [0.5, 0.6) is 5.75 Å². The molecule has 21 heavy (non-hydrogen) atoms. The van der Waals surface area contributed by atoms with Gasteiger partial charge in [0.05, 0.1) is 5.69 Å². The fourth-order valence-electron chi connectivity index (χ4n) is 2.55. The molecular formula is C17H22N2OS. The highest BCUT2D eigenvalue weighted by atomic mass is 32.1. The molecule has 1 aromatic carbocycles. The smallest absolute Gasteiger partial charge is 0.154 e. The Morgan fingerprint density at radius 3 is 2.95 bits per heavy atom. The molecule has 2 aromatic rings. The second-order valence-electron chi connectivity index (χ2n) is 6.00. The first kappa shape index (κ1) is 14.5. The molecular weight excluding hydrogens is 280 g/mol. The number of ether oxygens (including phenoxy) is 1. The monoisotopic (exact) mass is 302 g/mol. The average Bonchev–Trinajstić information content (AvgIpc) is 3.02. The zero-order valence-corrected chi connectivity index (χ0v) is 13.7. The third-order valence-corrected chi connectivity index (χ3v) is 4.92. The largest absolute Gasteiger partial charge is 0.483 e. The minimum atomic E-state index is 0.0879. The molecule has 3 nitrogen and oxygen atoms in total. The number of nitrogens with one attached hydrogen (secondary N) is 1. The Morgan fingerprint density at radius 1 is 1.38 bits per heavy atom. The van der Waals surface area contributed by atoms with Crippen LogP contribution in [0.2, 0.25) is 0 Å². The van der Waals surface area contributed by atoms with E-state index in [-0.39, 0.29) is 6.10 Å². The van der Waals surface area contributed by atoms with E-state index >= 15 is 0 Å². The zero-order valence-electron chi connectivity index (χ0n) is 12.8. The zero-order chi connectivity index (χ0) is 14.8. The van der Waals surface area contributed by atoms with E-state index < -0.39 is 0 Å². The molecule has 1 aromatic heterocycles. The van der Waals surface area contributed by atoms with Crippen molar-refractivity contribution in [2.75, 3.05) is 6.54 Å². The summed E-state index contributed by atoms with van der Waals surface area (Å²) in [6, 6.07) is 8.27. The molecule has 3 rings (SSSR count). The van der Waals surface area contributed by atoms with Crippen LogP contribution in [0.1, 0.15) is 41.1 Å². The number of rotatable bonds is 5. The molecule has 0 saturated carbocycles. The number of aromatic nitrogens is 1. The lowest BCUT2D eigenvalue weighted by Gasteiger charge is -2.07. The van der Waals surface area contributed by atoms with Crippen molar-refractivity contribution in [2.45, 2.75) is 39.8 Å². The summed E-state index contributed by atoms with van der Waals surface area (Å²) in [4.78, 5) is 6.05. The van der Waals surface area contributed by atoms with Crippen molar-refractivity contribution in [1.29, 1.82) is 0 Å². The van der Waals surface area contributed by atoms with Crippen molar-refractivity contribution < 1.29 is 4.74 Å². The van der Waals surface area contributed by atoms with Crippen molar-refractivity contribution in [1.82, 2.24) is 10.3 Å². The summed E-state index contributed by atoms with van der Waals surface area (Å²) in [5, 5.41) is 4.59. The normalized spacial score (nSPS) is 17.0. The Kier molecular flexibility index (Phi) is 4.27. The molecule has 1 unspecified atom stereocenters. The van der Waals surface area contributed by atoms with Crippen LogP contribution >= 0.6 is 11.3 Å². The van der Waals surface area contributed by atoms with Gasteiger partial charge in [0.1, 0.15) is 10.8 Å². The van der Waals surface area contributed by atoms with Gasteiger partial charge in [0.15, 0.2) is 6.10 Å². The van der Waals surface area contributed by atoms with Crippen LogP contribution in [-0.2, 0) is 13.0 Å². The Hall–Kier alpha value is -1.39. The van der Waals surface area contributed by atoms with Crippen molar-refractivity contribution in [3.05, 3.63) is 45.4 Å². The number of hydrogen-bond acceptors (Lipinski definition) is 4. The van der Waals surface area contributed by atoms with E-state index in [4.69, 9.17) is 9.72 Å². The lowest BCUT2D eigenvalue weighted by Crippen LogP contribution is -2.18. The van der Waals surface area contributed by atoms with Gasteiger partial charge in [-0.05, 0) is 31.0 Å². The molecule has 2 heterocycles. The van der Waals surface area contributed by atoms with Crippen molar-refractivity contribution >= 4 is 11.3 Å². The summed E-state index contributed by atoms with van der Waals surface area (Å²) in [6.07, 6.45) is 1.02. The molecule has 0 saturated heterocycles. The van der Waals surface area contributed by atoms with Crippen molar-refractivity contribution in [3.8, 4) is 5.75 Å². The Morgan fingerprint density at radius 2 is 2.19 bits per heavy atom. The second-order valence-corrected chi connectivity index (χ2v) is 7.12. The number of benzene rings is 1. The van der Waals surface area contributed by atoms with Gasteiger partial charge < -0.3 is 10.1 Å². The fourth-order valence-corrected chi connectivity index (χ4v) is 3.61. The number of fused-ring (bicyclic) bond motifs is 1. The van der Waals surface area contributed by atoms with Crippen molar-refractivity contribution in [3.63, 3.8) is 0 Å². The van der Waals surface area contributed by atoms with Crippen LogP contribution in [0.3, 0.4) is 0 Å². The predicted octanol–water partition coefficient (Wildman–Crippen LogP) is 3.87. The summed E-state index contributed by atoms with van der Waals surface area (Å²) >= 11 is 1.78. The molecule has 0 radical (unpaired) electrons. The molecule has 1 atom stereocenters. The van der Waals surface area contributed by atoms with Gasteiger partial charge in [0, 0.05) is 17.8 Å². The molecule has 0 spiro atoms. The molecule has 4 heteroatoms. The maximum absolute atomic E-state index is 6.03. The third-order valence-electron chi connectivity index (χ3n) is 3.67. The topological polar surface area (TPSA) is 34.1 Å². The summed E-state index contributed by atoms with van der Waals surface area (Å²) in [5.74, 6) is 1.68. The highest BCUT2D eigenvalue weighted by molar-refractivity contribution is 7.11. The molecule has 0 fully saturated rings. The first-order chi connectivity index (χ1) is 10.1. The lowest BCUT2D eigenvalue weighted by atomic mass is 10.1. The maximum atomic E-state index is 6.03. The first-order valence-corrected chi connectivity index (χ1v) is 8.36. The second kappa shape index (κ2) is 6.16. The van der Waals surface area contributed by atoms with E-state index in [1.165, 1.54) is 10.4 Å². The van der Waals surface area contributed by atoms with Gasteiger partial charge in [0.25, 0.3) is 0 Å². The molecule has 0 bridgehead atoms. The molecule has 0 aliphatic carbocycles. The first-order valence-electron chi connectivity index (χ1n) is 7.55. The lowest BCUT2D eigenvalue weighted by molar-refractivity contribution is 0.238. The Balaban J connectivity index is 1.68. The van der Waals surface area contributed by atoms with Crippen LogP contribution in [0, 0.1) is 12.8 Å². The number of para-hydroxylation sites is 1. The minimum absolute atomic E-state index is 0.0879. The molecule has 112 valence electrons. The van der Waals surface area contributed by atoms with Gasteiger partial charge in [0.2, 0.25) is 0 Å². The quantitative estimate of drug-likeness (QED) is 0.910. The van der Waals surface area contributed by atoms with E-state index in [0.29, 0.717) is 5.92 Å². The van der Waals surface area contributed by atoms with E-state index in [2.05, 4.69) is 38.2 Å². The Bertz CT molecular complexity index is 596. The van der Waals surface area contributed by atoms with E-state index in [0.717, 1.165) is 36.0 Å². The van der Waals surface area contributed by atoms with E-state index in [1.54, 1.807) is 11.3 Å². The van der Waals surface area contributed by atoms with E-state index in [9.17, 15) is 0 Å². The number of thiazole rings is 1. The summed E-state index contributed by atoms with van der Waals surface area (Å²) < 4.78 is 6.03. The van der Waals surface area contributed by atoms with E-state index in [1.807, 2.05) is 12.1 Å². The summed E-state index contributed by atoms with van der Waals surface area (Å²) in [5.41, 5.74) is 2.42. The van der Waals surface area contributed by atoms with Crippen molar-refractivity contribution in [2.24, 2.45) is 5.92 Å². The van der Waals surface area contributed by atoms with Gasteiger partial charge in [-0.1, -0.05) is 32.0 Å². The highest BCUT2D eigenvalue weighted by Gasteiger charge is 2.27. The van der Waals surface area contributed by atoms with Gasteiger partial charge in [-0.15, -0.1) is 11.3 Å². The predicted molar refractivity (Wildman–Crippen MR) is 86.9 cm³/mol. The number of hydrogen-bond donors (Lipinski definition) is 1. The SMILES string of the molecule is Cc1nc(C2Cc3ccccc3O2)sc1CNCC(C)C. The van der Waals surface area contributed by atoms with Crippen LogP contribution < -0.4 is 10.1 Å². The summed E-state index contributed by atoms with van der Waals surface area (Å²) in [7, 11) is 0. The molecule has 1 N–H and O–H groups in total. The number of aryl methyl sites for hydroxylation is 1. The molecule has 1 aliphatic rings. The maximum Gasteiger partial charge on any atom is 0.154 e. The fraction of sp³-hybridized carbons (Fsp3) is 0.471. The van der Waals surface area contributed by atoms with Crippen LogP contribution in [0.25, 0.3) is 0 Å². The third kappa shape index (κ3) is 3.27. The average molecular weight is 302 g/mol. The van der Waals surface area contributed by atoms with Gasteiger partial charge in [-0.25, -0.2) is 4.98 Å². The Labute approximate surface area is 130 Å². The molecule has 0 amide bonds. The van der Waals surface area contributed by atoms with Crippen LogP contribution in [0.4, 0.5) is 0 Å². The van der Waals surface area contributed by atoms with Crippen LogP contribution in [-0.4, -0.2) is 11.5 Å². The van der Waals surface area contributed by atoms with Crippen LogP contribution in [0.15, 0.2) is 24.3 Å². The van der Waals surface area contributed by atoms with Gasteiger partial charge in [-0.2, -0.15) is 0 Å². The highest BCUT2D eigenvalue weighted by Crippen LogP contribution is 2.38. The summed E-state index contributed by atoms with van der Waals surface area (Å²) in [6.45, 7) is 8.48. The van der Waals surface area contributed by atoms with Gasteiger partial charge >= 0.3 is 0 Å². The number of nitrogens with zero attached hydrogens (tertiary/aromatic N) is 1. The minimum Gasteiger partial charge on any atom is -0.483 e. The molecule has 1 aliphatic heterocycles. The standard InChI is InChI=1S/C17H22N2OS/c1-11(2)9-18-10-16-12(3)19-17(21-16)15-8-13-6-4-5-7-14(13)20-15/h4-7,11,15,18H,8-10H2,1-3H3.